The lowest BCUT2D eigenvalue weighted by atomic mass is 10.1. The SMILES string of the molecule is CSCc1cccc(C(=O)Nc2ccccc2C)c1. The number of nitrogens with one attached hydrogen (secondary N) is 1. The van der Waals surface area contributed by atoms with Crippen LogP contribution in [-0.2, 0) is 5.75 Å². The molecule has 0 spiro atoms. The fraction of sp³-hybridized carbons (Fsp3) is 0.188. The number of rotatable bonds is 4. The Labute approximate surface area is 118 Å². The molecule has 0 saturated carbocycles. The lowest BCUT2D eigenvalue weighted by molar-refractivity contribution is 0.102. The van der Waals surface area contributed by atoms with Crippen molar-refractivity contribution < 1.29 is 4.79 Å². The van der Waals surface area contributed by atoms with E-state index in [1.807, 2.05) is 55.5 Å². The molecule has 0 bridgehead atoms. The molecule has 0 saturated heterocycles. The number of carbonyl (C=O) groups is 1. The molecule has 2 aromatic carbocycles. The van der Waals surface area contributed by atoms with Crippen molar-refractivity contribution in [3.05, 3.63) is 65.2 Å². The highest BCUT2D eigenvalue weighted by atomic mass is 32.2. The molecule has 98 valence electrons. The Morgan fingerprint density at radius 2 is 1.95 bits per heavy atom. The quantitative estimate of drug-likeness (QED) is 0.906. The lowest BCUT2D eigenvalue weighted by Crippen LogP contribution is -2.12. The Kier molecular flexibility index (Phi) is 4.63. The number of anilines is 1. The van der Waals surface area contributed by atoms with Crippen LogP contribution in [0.5, 0.6) is 0 Å². The van der Waals surface area contributed by atoms with E-state index in [4.69, 9.17) is 0 Å². The van der Waals surface area contributed by atoms with Crippen LogP contribution >= 0.6 is 11.8 Å². The van der Waals surface area contributed by atoms with Gasteiger partial charge >= 0.3 is 0 Å². The number of hydrogen-bond donors (Lipinski definition) is 1. The summed E-state index contributed by atoms with van der Waals surface area (Å²) >= 11 is 1.75. The Hall–Kier alpha value is -1.74. The van der Waals surface area contributed by atoms with Gasteiger partial charge in [0.25, 0.3) is 5.91 Å². The molecule has 0 aliphatic heterocycles. The Morgan fingerprint density at radius 1 is 1.16 bits per heavy atom. The molecule has 0 radical (unpaired) electrons. The summed E-state index contributed by atoms with van der Waals surface area (Å²) in [6.07, 6.45) is 2.06. The smallest absolute Gasteiger partial charge is 0.255 e. The van der Waals surface area contributed by atoms with Crippen LogP contribution in [0.3, 0.4) is 0 Å². The van der Waals surface area contributed by atoms with Crippen LogP contribution in [0.25, 0.3) is 0 Å². The van der Waals surface area contributed by atoms with Gasteiger partial charge in [-0.1, -0.05) is 30.3 Å². The predicted octanol–water partition coefficient (Wildman–Crippen LogP) is 4.11. The number of thioether (sulfide) groups is 1. The first kappa shape index (κ1) is 13.7. The van der Waals surface area contributed by atoms with E-state index in [0.29, 0.717) is 5.56 Å². The third-order valence-electron chi connectivity index (χ3n) is 2.89. The van der Waals surface area contributed by atoms with E-state index >= 15 is 0 Å². The molecular formula is C16H17NOS. The van der Waals surface area contributed by atoms with E-state index in [-0.39, 0.29) is 5.91 Å². The summed E-state index contributed by atoms with van der Waals surface area (Å²) in [5, 5.41) is 2.95. The summed E-state index contributed by atoms with van der Waals surface area (Å²) in [5.41, 5.74) is 3.80. The van der Waals surface area contributed by atoms with Crippen LogP contribution in [0.4, 0.5) is 5.69 Å². The highest BCUT2D eigenvalue weighted by Gasteiger charge is 2.07. The summed E-state index contributed by atoms with van der Waals surface area (Å²) < 4.78 is 0. The minimum Gasteiger partial charge on any atom is -0.322 e. The monoisotopic (exact) mass is 271 g/mol. The summed E-state index contributed by atoms with van der Waals surface area (Å²) in [6, 6.07) is 15.6. The molecule has 2 aromatic rings. The van der Waals surface area contributed by atoms with Gasteiger partial charge in [0.2, 0.25) is 0 Å². The Morgan fingerprint density at radius 3 is 2.68 bits per heavy atom. The van der Waals surface area contributed by atoms with Crippen LogP contribution < -0.4 is 5.32 Å². The average molecular weight is 271 g/mol. The first-order chi connectivity index (χ1) is 9.20. The number of para-hydroxylation sites is 1. The largest absolute Gasteiger partial charge is 0.322 e. The zero-order valence-corrected chi connectivity index (χ0v) is 12.0. The van der Waals surface area contributed by atoms with Crippen molar-refractivity contribution in [1.82, 2.24) is 0 Å². The molecule has 0 aliphatic carbocycles. The summed E-state index contributed by atoms with van der Waals surface area (Å²) in [6.45, 7) is 1.99. The molecule has 0 atom stereocenters. The fourth-order valence-electron chi connectivity index (χ4n) is 1.88. The summed E-state index contributed by atoms with van der Waals surface area (Å²) in [5.74, 6) is 0.864. The minimum atomic E-state index is -0.0581. The van der Waals surface area contributed by atoms with E-state index in [2.05, 4.69) is 11.6 Å². The van der Waals surface area contributed by atoms with E-state index in [1.165, 1.54) is 5.56 Å². The number of aryl methyl sites for hydroxylation is 1. The van der Waals surface area contributed by atoms with Gasteiger partial charge in [-0.05, 0) is 42.5 Å². The van der Waals surface area contributed by atoms with Gasteiger partial charge in [0.05, 0.1) is 0 Å². The van der Waals surface area contributed by atoms with Gasteiger partial charge in [0.1, 0.15) is 0 Å². The molecule has 0 aromatic heterocycles. The van der Waals surface area contributed by atoms with Crippen LogP contribution in [0, 0.1) is 6.92 Å². The first-order valence-electron chi connectivity index (χ1n) is 6.15. The van der Waals surface area contributed by atoms with Gasteiger partial charge in [-0.25, -0.2) is 0 Å². The Bertz CT molecular complexity index is 580. The summed E-state index contributed by atoms with van der Waals surface area (Å²) in [7, 11) is 0. The average Bonchev–Trinajstić information content (AvgIpc) is 2.42. The van der Waals surface area contributed by atoms with Gasteiger partial charge in [0.15, 0.2) is 0 Å². The molecule has 3 heteroatoms. The maximum atomic E-state index is 12.2. The molecule has 2 nitrogen and oxygen atoms in total. The molecule has 1 amide bonds. The standard InChI is InChI=1S/C16H17NOS/c1-12-6-3-4-9-15(12)17-16(18)14-8-5-7-13(10-14)11-19-2/h3-10H,11H2,1-2H3,(H,17,18). The van der Waals surface area contributed by atoms with Gasteiger partial charge < -0.3 is 5.32 Å². The third kappa shape index (κ3) is 3.61. The minimum absolute atomic E-state index is 0.0581. The second-order valence-electron chi connectivity index (χ2n) is 4.40. The van der Waals surface area contributed by atoms with Crippen molar-refractivity contribution >= 4 is 23.4 Å². The highest BCUT2D eigenvalue weighted by molar-refractivity contribution is 7.97. The Balaban J connectivity index is 2.16. The van der Waals surface area contributed by atoms with Crippen molar-refractivity contribution in [2.75, 3.05) is 11.6 Å². The number of hydrogen-bond acceptors (Lipinski definition) is 2. The lowest BCUT2D eigenvalue weighted by Gasteiger charge is -2.09. The molecular weight excluding hydrogens is 254 g/mol. The van der Waals surface area contributed by atoms with Crippen molar-refractivity contribution in [2.24, 2.45) is 0 Å². The second-order valence-corrected chi connectivity index (χ2v) is 5.27. The van der Waals surface area contributed by atoms with Crippen molar-refractivity contribution in [2.45, 2.75) is 12.7 Å². The van der Waals surface area contributed by atoms with Gasteiger partial charge in [-0.3, -0.25) is 4.79 Å². The molecule has 0 fully saturated rings. The van der Waals surface area contributed by atoms with Gasteiger partial charge in [-0.15, -0.1) is 0 Å². The molecule has 2 rings (SSSR count). The molecule has 0 unspecified atom stereocenters. The van der Waals surface area contributed by atoms with E-state index < -0.39 is 0 Å². The van der Waals surface area contributed by atoms with Crippen molar-refractivity contribution in [1.29, 1.82) is 0 Å². The van der Waals surface area contributed by atoms with E-state index in [9.17, 15) is 4.79 Å². The molecule has 0 heterocycles. The fourth-order valence-corrected chi connectivity index (χ4v) is 2.39. The highest BCUT2D eigenvalue weighted by Crippen LogP contribution is 2.16. The third-order valence-corrected chi connectivity index (χ3v) is 3.52. The maximum Gasteiger partial charge on any atom is 0.255 e. The number of carbonyl (C=O) groups excluding carboxylic acids is 1. The van der Waals surface area contributed by atoms with Crippen molar-refractivity contribution in [3.8, 4) is 0 Å². The van der Waals surface area contributed by atoms with Crippen LogP contribution in [0.2, 0.25) is 0 Å². The van der Waals surface area contributed by atoms with Crippen molar-refractivity contribution in [3.63, 3.8) is 0 Å². The molecule has 0 aliphatic rings. The van der Waals surface area contributed by atoms with E-state index in [0.717, 1.165) is 17.0 Å². The van der Waals surface area contributed by atoms with Crippen LogP contribution in [0.1, 0.15) is 21.5 Å². The van der Waals surface area contributed by atoms with Crippen LogP contribution in [0.15, 0.2) is 48.5 Å². The van der Waals surface area contributed by atoms with Gasteiger partial charge in [-0.2, -0.15) is 11.8 Å². The first-order valence-corrected chi connectivity index (χ1v) is 7.55. The van der Waals surface area contributed by atoms with E-state index in [1.54, 1.807) is 11.8 Å². The molecule has 19 heavy (non-hydrogen) atoms. The van der Waals surface area contributed by atoms with Gasteiger partial charge in [0, 0.05) is 17.0 Å². The van der Waals surface area contributed by atoms with Crippen LogP contribution in [-0.4, -0.2) is 12.2 Å². The zero-order chi connectivity index (χ0) is 13.7. The molecule has 1 N–H and O–H groups in total. The number of benzene rings is 2. The maximum absolute atomic E-state index is 12.2. The predicted molar refractivity (Wildman–Crippen MR) is 82.8 cm³/mol. The second kappa shape index (κ2) is 6.43. The normalized spacial score (nSPS) is 10.2. The number of amides is 1. The zero-order valence-electron chi connectivity index (χ0n) is 11.1. The topological polar surface area (TPSA) is 29.1 Å². The summed E-state index contributed by atoms with van der Waals surface area (Å²) in [4.78, 5) is 12.2.